The lowest BCUT2D eigenvalue weighted by Crippen LogP contribution is -2.36. The number of benzene rings is 1. The van der Waals surface area contributed by atoms with Gasteiger partial charge in [-0.25, -0.2) is 4.98 Å². The van der Waals surface area contributed by atoms with Gasteiger partial charge >= 0.3 is 0 Å². The van der Waals surface area contributed by atoms with E-state index >= 15 is 0 Å². The minimum absolute atomic E-state index is 0.434. The van der Waals surface area contributed by atoms with Crippen molar-refractivity contribution < 1.29 is 0 Å². The summed E-state index contributed by atoms with van der Waals surface area (Å²) < 4.78 is 2.22. The van der Waals surface area contributed by atoms with Crippen molar-refractivity contribution in [2.24, 2.45) is 0 Å². The molecule has 2 N–H and O–H groups in total. The van der Waals surface area contributed by atoms with E-state index in [9.17, 15) is 0 Å². The highest BCUT2D eigenvalue weighted by Crippen LogP contribution is 2.19. The first-order valence-corrected chi connectivity index (χ1v) is 10.0. The molecule has 4 heteroatoms. The SMILES string of the molecule is CNCC(Cc1cccc(Cc2cc(C)cc(-n3c(C)ccc3C)n2)c1)NC. The zero-order valence-corrected chi connectivity index (χ0v) is 17.7. The van der Waals surface area contributed by atoms with Crippen LogP contribution >= 0.6 is 0 Å². The Hall–Kier alpha value is -2.43. The van der Waals surface area contributed by atoms with Gasteiger partial charge in [0.25, 0.3) is 0 Å². The molecule has 0 bridgehead atoms. The molecule has 0 amide bonds. The van der Waals surface area contributed by atoms with Gasteiger partial charge in [-0.05, 0) is 82.2 Å². The first-order chi connectivity index (χ1) is 13.5. The highest BCUT2D eigenvalue weighted by Gasteiger charge is 2.10. The number of pyridine rings is 1. The van der Waals surface area contributed by atoms with Gasteiger partial charge in [-0.1, -0.05) is 24.3 Å². The fourth-order valence-electron chi connectivity index (χ4n) is 3.84. The van der Waals surface area contributed by atoms with Crippen molar-refractivity contribution >= 4 is 0 Å². The van der Waals surface area contributed by atoms with E-state index in [2.05, 4.69) is 84.5 Å². The molecule has 2 aromatic heterocycles. The van der Waals surface area contributed by atoms with Crippen LogP contribution in [0.25, 0.3) is 5.82 Å². The highest BCUT2D eigenvalue weighted by atomic mass is 15.1. The smallest absolute Gasteiger partial charge is 0.137 e. The van der Waals surface area contributed by atoms with Crippen molar-refractivity contribution in [1.82, 2.24) is 20.2 Å². The Morgan fingerprint density at radius 1 is 0.929 bits per heavy atom. The molecule has 1 atom stereocenters. The van der Waals surface area contributed by atoms with Crippen molar-refractivity contribution in [3.05, 3.63) is 82.3 Å². The van der Waals surface area contributed by atoms with E-state index in [0.717, 1.165) is 30.9 Å². The van der Waals surface area contributed by atoms with Gasteiger partial charge in [0.05, 0.1) is 0 Å². The van der Waals surface area contributed by atoms with Gasteiger partial charge < -0.3 is 15.2 Å². The van der Waals surface area contributed by atoms with Gasteiger partial charge in [0.15, 0.2) is 0 Å². The summed E-state index contributed by atoms with van der Waals surface area (Å²) in [6.45, 7) is 7.36. The van der Waals surface area contributed by atoms with Crippen molar-refractivity contribution in [2.45, 2.75) is 39.7 Å². The monoisotopic (exact) mass is 376 g/mol. The molecule has 3 aromatic rings. The van der Waals surface area contributed by atoms with E-state index in [1.807, 2.05) is 14.1 Å². The van der Waals surface area contributed by atoms with Crippen LogP contribution < -0.4 is 10.6 Å². The Morgan fingerprint density at radius 2 is 1.64 bits per heavy atom. The lowest BCUT2D eigenvalue weighted by atomic mass is 10.0. The summed E-state index contributed by atoms with van der Waals surface area (Å²) in [5, 5.41) is 6.64. The Labute approximate surface area is 169 Å². The largest absolute Gasteiger partial charge is 0.318 e. The summed E-state index contributed by atoms with van der Waals surface area (Å²) in [6.07, 6.45) is 1.86. The number of nitrogens with one attached hydrogen (secondary N) is 2. The van der Waals surface area contributed by atoms with Gasteiger partial charge in [0, 0.05) is 36.1 Å². The number of aromatic nitrogens is 2. The molecule has 0 fully saturated rings. The second-order valence-corrected chi connectivity index (χ2v) is 7.69. The average Bonchev–Trinajstić information content (AvgIpc) is 2.99. The Morgan fingerprint density at radius 3 is 2.32 bits per heavy atom. The van der Waals surface area contributed by atoms with Crippen molar-refractivity contribution in [3.63, 3.8) is 0 Å². The Balaban J connectivity index is 1.83. The summed E-state index contributed by atoms with van der Waals surface area (Å²) in [6, 6.07) is 18.0. The molecule has 148 valence electrons. The zero-order valence-electron chi connectivity index (χ0n) is 17.7. The van der Waals surface area contributed by atoms with E-state index in [0.29, 0.717) is 6.04 Å². The van der Waals surface area contributed by atoms with E-state index in [1.54, 1.807) is 0 Å². The predicted molar refractivity (Wildman–Crippen MR) is 118 cm³/mol. The van der Waals surface area contributed by atoms with Crippen LogP contribution in [0.15, 0.2) is 48.5 Å². The molecule has 0 saturated heterocycles. The minimum atomic E-state index is 0.434. The molecule has 1 unspecified atom stereocenters. The van der Waals surface area contributed by atoms with Gasteiger partial charge in [0.2, 0.25) is 0 Å². The molecule has 0 radical (unpaired) electrons. The van der Waals surface area contributed by atoms with Crippen molar-refractivity contribution in [1.29, 1.82) is 0 Å². The molecule has 28 heavy (non-hydrogen) atoms. The van der Waals surface area contributed by atoms with Crippen LogP contribution in [0.2, 0.25) is 0 Å². The van der Waals surface area contributed by atoms with Gasteiger partial charge in [-0.2, -0.15) is 0 Å². The molecule has 2 heterocycles. The van der Waals surface area contributed by atoms with Crippen molar-refractivity contribution in [3.8, 4) is 5.82 Å². The number of hydrogen-bond donors (Lipinski definition) is 2. The molecule has 4 nitrogen and oxygen atoms in total. The Bertz CT molecular complexity index is 907. The number of rotatable bonds is 8. The molecule has 1 aromatic carbocycles. The van der Waals surface area contributed by atoms with Gasteiger partial charge in [0.1, 0.15) is 5.82 Å². The average molecular weight is 377 g/mol. The molecule has 0 aliphatic heterocycles. The maximum atomic E-state index is 4.97. The fraction of sp³-hybridized carbons (Fsp3) is 0.375. The predicted octanol–water partition coefficient (Wildman–Crippen LogP) is 3.74. The molecular formula is C24H32N4. The van der Waals surface area contributed by atoms with Crippen LogP contribution in [-0.4, -0.2) is 36.2 Å². The molecule has 0 spiro atoms. The summed E-state index contributed by atoms with van der Waals surface area (Å²) >= 11 is 0. The molecule has 3 rings (SSSR count). The van der Waals surface area contributed by atoms with Crippen LogP contribution in [0.4, 0.5) is 0 Å². The maximum absolute atomic E-state index is 4.97. The second kappa shape index (κ2) is 9.18. The molecular weight excluding hydrogens is 344 g/mol. The lowest BCUT2D eigenvalue weighted by molar-refractivity contribution is 0.530. The Kier molecular flexibility index (Phi) is 6.65. The summed E-state index contributed by atoms with van der Waals surface area (Å²) in [5.74, 6) is 1.01. The van der Waals surface area contributed by atoms with Gasteiger partial charge in [-0.3, -0.25) is 0 Å². The third-order valence-corrected chi connectivity index (χ3v) is 5.23. The van der Waals surface area contributed by atoms with E-state index in [-0.39, 0.29) is 0 Å². The maximum Gasteiger partial charge on any atom is 0.137 e. The van der Waals surface area contributed by atoms with Crippen LogP contribution in [0.5, 0.6) is 0 Å². The summed E-state index contributed by atoms with van der Waals surface area (Å²) in [7, 11) is 4.02. The van der Waals surface area contributed by atoms with E-state index < -0.39 is 0 Å². The standard InChI is InChI=1S/C24H32N4/c1-17-11-22(27-24(12-17)28-18(2)9-10-19(28)3)14-20-7-6-8-21(13-20)15-23(26-5)16-25-4/h6-13,23,25-26H,14-16H2,1-5H3. The summed E-state index contributed by atoms with van der Waals surface area (Å²) in [4.78, 5) is 4.97. The van der Waals surface area contributed by atoms with Crippen LogP contribution in [0.1, 0.15) is 33.8 Å². The highest BCUT2D eigenvalue weighted by molar-refractivity contribution is 5.37. The molecule has 0 saturated carbocycles. The lowest BCUT2D eigenvalue weighted by Gasteiger charge is -2.16. The second-order valence-electron chi connectivity index (χ2n) is 7.69. The summed E-state index contributed by atoms with van der Waals surface area (Å²) in [5.41, 5.74) is 7.45. The third-order valence-electron chi connectivity index (χ3n) is 5.23. The number of nitrogens with zero attached hydrogens (tertiary/aromatic N) is 2. The number of likely N-dealkylation sites (N-methyl/N-ethyl adjacent to an activating group) is 2. The zero-order chi connectivity index (χ0) is 20.1. The first-order valence-electron chi connectivity index (χ1n) is 10.0. The third kappa shape index (κ3) is 4.89. The number of hydrogen-bond acceptors (Lipinski definition) is 3. The van der Waals surface area contributed by atoms with Gasteiger partial charge in [-0.15, -0.1) is 0 Å². The topological polar surface area (TPSA) is 41.9 Å². The van der Waals surface area contributed by atoms with Crippen LogP contribution in [-0.2, 0) is 12.8 Å². The van der Waals surface area contributed by atoms with E-state index in [1.165, 1.54) is 28.1 Å². The quantitative estimate of drug-likeness (QED) is 0.629. The fourth-order valence-corrected chi connectivity index (χ4v) is 3.84. The van der Waals surface area contributed by atoms with Crippen LogP contribution in [0.3, 0.4) is 0 Å². The molecule has 0 aliphatic rings. The minimum Gasteiger partial charge on any atom is -0.318 e. The molecule has 0 aliphatic carbocycles. The van der Waals surface area contributed by atoms with Crippen molar-refractivity contribution in [2.75, 3.05) is 20.6 Å². The normalized spacial score (nSPS) is 12.3. The van der Waals surface area contributed by atoms with E-state index in [4.69, 9.17) is 4.98 Å². The number of aryl methyl sites for hydroxylation is 3. The van der Waals surface area contributed by atoms with Crippen LogP contribution in [0, 0.1) is 20.8 Å². The first kappa shape index (κ1) is 20.3.